The molecule has 1 saturated heterocycles. The summed E-state index contributed by atoms with van der Waals surface area (Å²) in [4.78, 5) is 19.5. The SMILES string of the molecule is O=C(CCNS(=O)(=O)c1ccccc1)N1CCCC1c1nc2ccccc2s1. The molecule has 146 valence electrons. The van der Waals surface area contributed by atoms with Crippen LogP contribution in [0.3, 0.4) is 0 Å². The lowest BCUT2D eigenvalue weighted by atomic mass is 10.2. The highest BCUT2D eigenvalue weighted by Crippen LogP contribution is 2.36. The van der Waals surface area contributed by atoms with Crippen LogP contribution in [0.2, 0.25) is 0 Å². The Labute approximate surface area is 168 Å². The summed E-state index contributed by atoms with van der Waals surface area (Å²) in [5.41, 5.74) is 0.956. The molecule has 1 aliphatic rings. The molecule has 1 aromatic heterocycles. The number of rotatable bonds is 6. The molecule has 0 aliphatic carbocycles. The molecular formula is C20H21N3O3S2. The number of amides is 1. The van der Waals surface area contributed by atoms with Crippen LogP contribution in [0, 0.1) is 0 Å². The average molecular weight is 416 g/mol. The molecule has 8 heteroatoms. The zero-order chi connectivity index (χ0) is 19.6. The molecule has 2 heterocycles. The molecule has 1 aliphatic heterocycles. The van der Waals surface area contributed by atoms with Crippen molar-refractivity contribution in [2.75, 3.05) is 13.1 Å². The van der Waals surface area contributed by atoms with Crippen molar-refractivity contribution in [1.82, 2.24) is 14.6 Å². The van der Waals surface area contributed by atoms with E-state index in [1.807, 2.05) is 29.2 Å². The molecular weight excluding hydrogens is 394 g/mol. The van der Waals surface area contributed by atoms with E-state index in [0.717, 1.165) is 28.1 Å². The summed E-state index contributed by atoms with van der Waals surface area (Å²) < 4.78 is 28.2. The fourth-order valence-corrected chi connectivity index (χ4v) is 5.64. The van der Waals surface area contributed by atoms with Gasteiger partial charge in [-0.05, 0) is 37.1 Å². The summed E-state index contributed by atoms with van der Waals surface area (Å²) in [7, 11) is -3.59. The van der Waals surface area contributed by atoms with E-state index in [0.29, 0.717) is 6.54 Å². The molecule has 2 aromatic carbocycles. The number of nitrogens with one attached hydrogen (secondary N) is 1. The summed E-state index contributed by atoms with van der Waals surface area (Å²) in [6, 6.07) is 16.1. The molecule has 0 radical (unpaired) electrons. The Morgan fingerprint density at radius 1 is 1.14 bits per heavy atom. The van der Waals surface area contributed by atoms with E-state index in [2.05, 4.69) is 4.72 Å². The average Bonchev–Trinajstić information content (AvgIpc) is 3.35. The van der Waals surface area contributed by atoms with Gasteiger partial charge >= 0.3 is 0 Å². The van der Waals surface area contributed by atoms with E-state index in [9.17, 15) is 13.2 Å². The topological polar surface area (TPSA) is 79.4 Å². The highest BCUT2D eigenvalue weighted by atomic mass is 32.2. The first-order valence-electron chi connectivity index (χ1n) is 9.24. The number of fused-ring (bicyclic) bond motifs is 1. The molecule has 1 unspecified atom stereocenters. The lowest BCUT2D eigenvalue weighted by molar-refractivity contribution is -0.131. The molecule has 3 aromatic rings. The Morgan fingerprint density at radius 2 is 1.89 bits per heavy atom. The standard InChI is InChI=1S/C20H21N3O3S2/c24-19(12-13-21-28(25,26)15-7-2-1-3-8-15)23-14-6-10-17(23)20-22-16-9-4-5-11-18(16)27-20/h1-5,7-9,11,17,21H,6,10,12-14H2. The van der Waals surface area contributed by atoms with Crippen LogP contribution in [0.1, 0.15) is 30.3 Å². The summed E-state index contributed by atoms with van der Waals surface area (Å²) in [6.07, 6.45) is 1.96. The Morgan fingerprint density at radius 3 is 2.68 bits per heavy atom. The number of hydrogen-bond donors (Lipinski definition) is 1. The van der Waals surface area contributed by atoms with Gasteiger partial charge in [0.25, 0.3) is 0 Å². The van der Waals surface area contributed by atoms with E-state index < -0.39 is 10.0 Å². The van der Waals surface area contributed by atoms with E-state index in [1.54, 1.807) is 29.5 Å². The van der Waals surface area contributed by atoms with Crippen LogP contribution < -0.4 is 4.72 Å². The van der Waals surface area contributed by atoms with Crippen molar-refractivity contribution in [2.24, 2.45) is 0 Å². The molecule has 1 amide bonds. The summed E-state index contributed by atoms with van der Waals surface area (Å²) in [5.74, 6) is -0.0440. The second kappa shape index (κ2) is 7.98. The first-order chi connectivity index (χ1) is 13.5. The minimum Gasteiger partial charge on any atom is -0.333 e. The van der Waals surface area contributed by atoms with Crippen LogP contribution in [0.15, 0.2) is 59.5 Å². The predicted molar refractivity (Wildman–Crippen MR) is 110 cm³/mol. The van der Waals surface area contributed by atoms with Gasteiger partial charge in [-0.15, -0.1) is 11.3 Å². The zero-order valence-electron chi connectivity index (χ0n) is 15.2. The van der Waals surface area contributed by atoms with Crippen LogP contribution in [-0.2, 0) is 14.8 Å². The van der Waals surface area contributed by atoms with Gasteiger partial charge in [0.15, 0.2) is 0 Å². The third-order valence-electron chi connectivity index (χ3n) is 4.85. The van der Waals surface area contributed by atoms with Crippen LogP contribution in [0.25, 0.3) is 10.2 Å². The van der Waals surface area contributed by atoms with Crippen molar-refractivity contribution in [1.29, 1.82) is 0 Å². The number of para-hydroxylation sites is 1. The lowest BCUT2D eigenvalue weighted by Gasteiger charge is -2.23. The summed E-state index contributed by atoms with van der Waals surface area (Å²) in [6.45, 7) is 0.768. The third kappa shape index (κ3) is 3.94. The van der Waals surface area contributed by atoms with Crippen molar-refractivity contribution in [2.45, 2.75) is 30.2 Å². The second-order valence-corrected chi connectivity index (χ2v) is 9.55. The highest BCUT2D eigenvalue weighted by molar-refractivity contribution is 7.89. The van der Waals surface area contributed by atoms with Crippen LogP contribution in [0.4, 0.5) is 0 Å². The maximum Gasteiger partial charge on any atom is 0.240 e. The molecule has 0 spiro atoms. The number of benzene rings is 2. The minimum absolute atomic E-state index is 0.0179. The maximum absolute atomic E-state index is 12.7. The van der Waals surface area contributed by atoms with Crippen molar-refractivity contribution in [3.63, 3.8) is 0 Å². The van der Waals surface area contributed by atoms with E-state index in [1.165, 1.54) is 12.1 Å². The highest BCUT2D eigenvalue weighted by Gasteiger charge is 2.32. The van der Waals surface area contributed by atoms with Crippen LogP contribution in [-0.4, -0.2) is 37.3 Å². The number of sulfonamides is 1. The van der Waals surface area contributed by atoms with Gasteiger partial charge in [0.2, 0.25) is 15.9 Å². The molecule has 0 saturated carbocycles. The summed E-state index contributed by atoms with van der Waals surface area (Å²) in [5, 5.41) is 0.955. The van der Waals surface area contributed by atoms with Gasteiger partial charge in [-0.2, -0.15) is 0 Å². The van der Waals surface area contributed by atoms with E-state index in [4.69, 9.17) is 4.98 Å². The molecule has 6 nitrogen and oxygen atoms in total. The van der Waals surface area contributed by atoms with Crippen LogP contribution >= 0.6 is 11.3 Å². The van der Waals surface area contributed by atoms with Crippen molar-refractivity contribution in [3.05, 3.63) is 59.6 Å². The van der Waals surface area contributed by atoms with Gasteiger partial charge in [-0.25, -0.2) is 18.1 Å². The minimum atomic E-state index is -3.59. The number of aromatic nitrogens is 1. The van der Waals surface area contributed by atoms with E-state index in [-0.39, 0.29) is 29.8 Å². The smallest absolute Gasteiger partial charge is 0.240 e. The maximum atomic E-state index is 12.7. The van der Waals surface area contributed by atoms with Crippen molar-refractivity contribution in [3.8, 4) is 0 Å². The fraction of sp³-hybridized carbons (Fsp3) is 0.300. The Balaban J connectivity index is 1.40. The van der Waals surface area contributed by atoms with Gasteiger partial charge in [-0.1, -0.05) is 30.3 Å². The molecule has 4 rings (SSSR count). The number of carbonyl (C=O) groups is 1. The zero-order valence-corrected chi connectivity index (χ0v) is 16.9. The summed E-state index contributed by atoms with van der Waals surface area (Å²) >= 11 is 1.62. The Bertz CT molecular complexity index is 1050. The van der Waals surface area contributed by atoms with Gasteiger partial charge in [0, 0.05) is 19.5 Å². The quantitative estimate of drug-likeness (QED) is 0.670. The number of nitrogens with zero attached hydrogens (tertiary/aromatic N) is 2. The molecule has 0 bridgehead atoms. The molecule has 28 heavy (non-hydrogen) atoms. The van der Waals surface area contributed by atoms with Gasteiger partial charge < -0.3 is 4.90 Å². The molecule has 1 N–H and O–H groups in total. The monoisotopic (exact) mass is 415 g/mol. The number of thiazole rings is 1. The first-order valence-corrected chi connectivity index (χ1v) is 11.5. The Hall–Kier alpha value is -2.29. The number of carbonyl (C=O) groups excluding carboxylic acids is 1. The molecule has 1 fully saturated rings. The van der Waals surface area contributed by atoms with Crippen molar-refractivity contribution >= 4 is 37.5 Å². The first kappa shape index (κ1) is 19.0. The van der Waals surface area contributed by atoms with E-state index >= 15 is 0 Å². The lowest BCUT2D eigenvalue weighted by Crippen LogP contribution is -2.34. The molecule has 1 atom stereocenters. The second-order valence-electron chi connectivity index (χ2n) is 6.73. The predicted octanol–water partition coefficient (Wildman–Crippen LogP) is 3.33. The Kier molecular flexibility index (Phi) is 5.43. The van der Waals surface area contributed by atoms with Crippen molar-refractivity contribution < 1.29 is 13.2 Å². The fourth-order valence-electron chi connectivity index (χ4n) is 3.47. The largest absolute Gasteiger partial charge is 0.333 e. The normalized spacial score (nSPS) is 17.3. The van der Waals surface area contributed by atoms with Gasteiger partial charge in [0.05, 0.1) is 21.2 Å². The van der Waals surface area contributed by atoms with Gasteiger partial charge in [0.1, 0.15) is 5.01 Å². The van der Waals surface area contributed by atoms with Crippen LogP contribution in [0.5, 0.6) is 0 Å². The number of likely N-dealkylation sites (tertiary alicyclic amines) is 1. The van der Waals surface area contributed by atoms with Gasteiger partial charge in [-0.3, -0.25) is 4.79 Å². The number of hydrogen-bond acceptors (Lipinski definition) is 5. The third-order valence-corrected chi connectivity index (χ3v) is 7.47.